The van der Waals surface area contributed by atoms with E-state index < -0.39 is 0 Å². The first-order valence-electron chi connectivity index (χ1n) is 12.2. The minimum Gasteiger partial charge on any atom is -0.496 e. The zero-order chi connectivity index (χ0) is 25.1. The van der Waals surface area contributed by atoms with E-state index in [1.165, 1.54) is 0 Å². The number of amides is 2. The van der Waals surface area contributed by atoms with Gasteiger partial charge in [0.05, 0.1) is 22.7 Å². The Labute approximate surface area is 219 Å². The van der Waals surface area contributed by atoms with Gasteiger partial charge in [0, 0.05) is 30.9 Å². The summed E-state index contributed by atoms with van der Waals surface area (Å²) in [6, 6.07) is 19.8. The van der Waals surface area contributed by atoms with Crippen molar-refractivity contribution in [3.8, 4) is 5.75 Å². The van der Waals surface area contributed by atoms with E-state index in [0.717, 1.165) is 37.1 Å². The Balaban J connectivity index is 1.20. The van der Waals surface area contributed by atoms with E-state index in [0.29, 0.717) is 40.0 Å². The Hall–Kier alpha value is -3.39. The number of fused-ring (bicyclic) bond motifs is 2. The van der Waals surface area contributed by atoms with E-state index in [4.69, 9.17) is 4.74 Å². The van der Waals surface area contributed by atoms with Crippen molar-refractivity contribution in [1.82, 2.24) is 15.6 Å². The van der Waals surface area contributed by atoms with Gasteiger partial charge in [0.15, 0.2) is 0 Å². The van der Waals surface area contributed by atoms with Crippen LogP contribution in [0.5, 0.6) is 5.75 Å². The van der Waals surface area contributed by atoms with Crippen LogP contribution in [-0.4, -0.2) is 42.0 Å². The van der Waals surface area contributed by atoms with Gasteiger partial charge in [0.25, 0.3) is 11.8 Å². The van der Waals surface area contributed by atoms with Gasteiger partial charge in [-0.3, -0.25) is 9.59 Å². The number of benzene rings is 2. The number of hydrogen-bond donors (Lipinski definition) is 2. The third kappa shape index (κ3) is 5.09. The van der Waals surface area contributed by atoms with E-state index in [-0.39, 0.29) is 17.9 Å². The molecule has 3 aromatic rings. The first-order valence-corrected chi connectivity index (χ1v) is 13.0. The smallest absolute Gasteiger partial charge is 0.253 e. The van der Waals surface area contributed by atoms with Crippen LogP contribution in [0.4, 0.5) is 5.82 Å². The number of nitrogens with one attached hydrogen (secondary N) is 2. The molecule has 2 unspecified atom stereocenters. The number of anilines is 1. The molecule has 5 rings (SSSR count). The first-order chi connectivity index (χ1) is 17.5. The molecular formula is C28H29BrN4O3. The molecule has 186 valence electrons. The fourth-order valence-corrected chi connectivity index (χ4v) is 5.94. The van der Waals surface area contributed by atoms with Crippen LogP contribution >= 0.6 is 15.9 Å². The van der Waals surface area contributed by atoms with Gasteiger partial charge in [0.1, 0.15) is 11.6 Å². The minimum atomic E-state index is -0.133. The van der Waals surface area contributed by atoms with Gasteiger partial charge in [-0.25, -0.2) is 4.98 Å². The molecule has 2 atom stereocenters. The molecule has 2 aromatic carbocycles. The number of hydrogen-bond acceptors (Lipinski definition) is 5. The Morgan fingerprint density at radius 3 is 2.42 bits per heavy atom. The number of aromatic nitrogens is 1. The molecule has 0 spiro atoms. The van der Waals surface area contributed by atoms with E-state index >= 15 is 0 Å². The molecule has 7 nitrogen and oxygen atoms in total. The second-order valence-corrected chi connectivity index (χ2v) is 10.1. The lowest BCUT2D eigenvalue weighted by atomic mass is 9.96. The standard InChI is InChI=1S/C28H29BrN4O3/c1-36-24-9-5-8-23(26(24)29)28(35)32-20-14-21-11-12-22(15-20)33(21)25-13-10-19(17-30-25)27(34)31-16-18-6-3-2-4-7-18/h2-10,13,17,20-22H,11-12,14-16H2,1H3,(H,31,34)(H,32,35). The van der Waals surface area contributed by atoms with Crippen LogP contribution in [-0.2, 0) is 6.54 Å². The number of ether oxygens (including phenoxy) is 1. The van der Waals surface area contributed by atoms with Crippen molar-refractivity contribution in [2.45, 2.75) is 50.4 Å². The van der Waals surface area contributed by atoms with Gasteiger partial charge in [-0.05, 0) is 71.4 Å². The zero-order valence-corrected chi connectivity index (χ0v) is 21.7. The summed E-state index contributed by atoms with van der Waals surface area (Å²) in [7, 11) is 1.59. The minimum absolute atomic E-state index is 0.0948. The fourth-order valence-electron chi connectivity index (χ4n) is 5.33. The third-order valence-corrected chi connectivity index (χ3v) is 7.88. The zero-order valence-electron chi connectivity index (χ0n) is 20.1. The molecule has 2 N–H and O–H groups in total. The van der Waals surface area contributed by atoms with Gasteiger partial charge in [-0.1, -0.05) is 36.4 Å². The van der Waals surface area contributed by atoms with Crippen molar-refractivity contribution in [3.05, 3.63) is 88.0 Å². The molecule has 2 bridgehead atoms. The Kier molecular flexibility index (Phi) is 7.23. The monoisotopic (exact) mass is 548 g/mol. The van der Waals surface area contributed by atoms with Crippen LogP contribution in [0, 0.1) is 0 Å². The molecular weight excluding hydrogens is 520 g/mol. The summed E-state index contributed by atoms with van der Waals surface area (Å²) in [5.41, 5.74) is 2.18. The maximum Gasteiger partial charge on any atom is 0.253 e. The maximum atomic E-state index is 13.0. The molecule has 3 heterocycles. The van der Waals surface area contributed by atoms with Crippen LogP contribution < -0.4 is 20.3 Å². The highest BCUT2D eigenvalue weighted by atomic mass is 79.9. The highest BCUT2D eigenvalue weighted by molar-refractivity contribution is 9.10. The van der Waals surface area contributed by atoms with Crippen molar-refractivity contribution < 1.29 is 14.3 Å². The predicted octanol–water partition coefficient (Wildman–Crippen LogP) is 4.71. The summed E-state index contributed by atoms with van der Waals surface area (Å²) in [4.78, 5) is 32.5. The lowest BCUT2D eigenvalue weighted by molar-refractivity contribution is 0.0923. The number of piperidine rings is 1. The van der Waals surface area contributed by atoms with Crippen molar-refractivity contribution in [2.75, 3.05) is 12.0 Å². The Morgan fingerprint density at radius 1 is 1.00 bits per heavy atom. The first kappa shape index (κ1) is 24.3. The Morgan fingerprint density at radius 2 is 1.75 bits per heavy atom. The van der Waals surface area contributed by atoms with Gasteiger partial charge < -0.3 is 20.3 Å². The largest absolute Gasteiger partial charge is 0.496 e. The lowest BCUT2D eigenvalue weighted by Crippen LogP contribution is -2.50. The van der Waals surface area contributed by atoms with E-state index in [2.05, 4.69) is 36.4 Å². The number of carbonyl (C=O) groups is 2. The number of carbonyl (C=O) groups excluding carboxylic acids is 2. The molecule has 2 aliphatic heterocycles. The summed E-state index contributed by atoms with van der Waals surface area (Å²) < 4.78 is 5.99. The number of halogens is 1. The number of nitrogens with zero attached hydrogens (tertiary/aromatic N) is 2. The van der Waals surface area contributed by atoms with Gasteiger partial charge in [0.2, 0.25) is 0 Å². The molecule has 1 aromatic heterocycles. The predicted molar refractivity (Wildman–Crippen MR) is 142 cm³/mol. The van der Waals surface area contributed by atoms with Crippen LogP contribution in [0.15, 0.2) is 71.3 Å². The molecule has 8 heteroatoms. The average molecular weight is 549 g/mol. The molecule has 2 fully saturated rings. The quantitative estimate of drug-likeness (QED) is 0.446. The van der Waals surface area contributed by atoms with Crippen LogP contribution in [0.2, 0.25) is 0 Å². The lowest BCUT2D eigenvalue weighted by Gasteiger charge is -2.40. The normalized spacial score (nSPS) is 20.6. The van der Waals surface area contributed by atoms with Crippen LogP contribution in [0.3, 0.4) is 0 Å². The summed E-state index contributed by atoms with van der Waals surface area (Å²) in [5, 5.41) is 6.18. The second kappa shape index (κ2) is 10.7. The summed E-state index contributed by atoms with van der Waals surface area (Å²) in [6.07, 6.45) is 5.53. The van der Waals surface area contributed by atoms with Gasteiger partial charge in [-0.2, -0.15) is 0 Å². The van der Waals surface area contributed by atoms with E-state index in [9.17, 15) is 9.59 Å². The second-order valence-electron chi connectivity index (χ2n) is 9.33. The molecule has 36 heavy (non-hydrogen) atoms. The van der Waals surface area contributed by atoms with Crippen molar-refractivity contribution >= 4 is 33.6 Å². The van der Waals surface area contributed by atoms with Gasteiger partial charge in [-0.15, -0.1) is 0 Å². The SMILES string of the molecule is COc1cccc(C(=O)NC2CC3CCC(C2)N3c2ccc(C(=O)NCc3ccccc3)cn2)c1Br. The molecule has 0 radical (unpaired) electrons. The number of rotatable bonds is 7. The number of pyridine rings is 1. The molecule has 2 saturated heterocycles. The molecule has 0 aliphatic carbocycles. The molecule has 0 saturated carbocycles. The summed E-state index contributed by atoms with van der Waals surface area (Å²) in [6.45, 7) is 0.483. The van der Waals surface area contributed by atoms with Crippen molar-refractivity contribution in [2.24, 2.45) is 0 Å². The van der Waals surface area contributed by atoms with Crippen molar-refractivity contribution in [1.29, 1.82) is 0 Å². The molecule has 2 aliphatic rings. The fraction of sp³-hybridized carbons (Fsp3) is 0.321. The summed E-state index contributed by atoms with van der Waals surface area (Å²) in [5.74, 6) is 1.30. The van der Waals surface area contributed by atoms with Crippen LogP contribution in [0.1, 0.15) is 52.0 Å². The highest BCUT2D eigenvalue weighted by Gasteiger charge is 2.42. The van der Waals surface area contributed by atoms with E-state index in [1.54, 1.807) is 19.4 Å². The van der Waals surface area contributed by atoms with Crippen LogP contribution in [0.25, 0.3) is 0 Å². The van der Waals surface area contributed by atoms with Gasteiger partial charge >= 0.3 is 0 Å². The maximum absolute atomic E-state index is 13.0. The third-order valence-electron chi connectivity index (χ3n) is 7.07. The number of methoxy groups -OCH3 is 1. The summed E-state index contributed by atoms with van der Waals surface area (Å²) >= 11 is 3.49. The topological polar surface area (TPSA) is 83.6 Å². The Bertz CT molecular complexity index is 1220. The van der Waals surface area contributed by atoms with Crippen molar-refractivity contribution in [3.63, 3.8) is 0 Å². The molecule has 2 amide bonds. The highest BCUT2D eigenvalue weighted by Crippen LogP contribution is 2.39. The van der Waals surface area contributed by atoms with E-state index in [1.807, 2.05) is 54.6 Å². The average Bonchev–Trinajstić information content (AvgIpc) is 3.18.